The van der Waals surface area contributed by atoms with Crippen LogP contribution in [0.15, 0.2) is 42.5 Å². The van der Waals surface area contributed by atoms with Crippen LogP contribution in [-0.4, -0.2) is 37.6 Å². The van der Waals surface area contributed by atoms with Gasteiger partial charge in [-0.3, -0.25) is 4.79 Å². The third-order valence-electron chi connectivity index (χ3n) is 5.74. The standard InChI is InChI=1S/C24H31NO2/c1-18-8-9-23(16-19(18)2)21-10-12-22(13-11-21)24(26)25-14-4-6-20(17-25)7-5-15-27-3/h8-13,16,20H,4-7,14-15,17H2,1-3H3. The molecule has 1 fully saturated rings. The van der Waals surface area contributed by atoms with Gasteiger partial charge in [-0.25, -0.2) is 0 Å². The molecule has 1 aliphatic heterocycles. The molecule has 1 saturated heterocycles. The lowest BCUT2D eigenvalue weighted by molar-refractivity contribution is 0.0660. The molecule has 2 aromatic rings. The van der Waals surface area contributed by atoms with E-state index in [1.165, 1.54) is 23.1 Å². The van der Waals surface area contributed by atoms with Gasteiger partial charge in [0.2, 0.25) is 0 Å². The molecule has 0 aliphatic carbocycles. The molecule has 0 aromatic heterocycles. The summed E-state index contributed by atoms with van der Waals surface area (Å²) >= 11 is 0. The Morgan fingerprint density at radius 3 is 2.52 bits per heavy atom. The SMILES string of the molecule is COCCCC1CCCN(C(=O)c2ccc(-c3ccc(C)c(C)c3)cc2)C1. The summed E-state index contributed by atoms with van der Waals surface area (Å²) in [6.07, 6.45) is 4.54. The van der Waals surface area contributed by atoms with E-state index >= 15 is 0 Å². The number of ether oxygens (including phenoxy) is 1. The summed E-state index contributed by atoms with van der Waals surface area (Å²) in [5.74, 6) is 0.769. The predicted octanol–water partition coefficient (Wildman–Crippen LogP) is 5.25. The van der Waals surface area contributed by atoms with Gasteiger partial charge in [-0.05, 0) is 79.8 Å². The molecule has 27 heavy (non-hydrogen) atoms. The Labute approximate surface area is 163 Å². The molecule has 144 valence electrons. The van der Waals surface area contributed by atoms with Crippen LogP contribution in [0.4, 0.5) is 0 Å². The van der Waals surface area contributed by atoms with Crippen molar-refractivity contribution in [1.82, 2.24) is 4.90 Å². The van der Waals surface area contributed by atoms with Crippen molar-refractivity contribution >= 4 is 5.91 Å². The van der Waals surface area contributed by atoms with Crippen LogP contribution in [0.3, 0.4) is 0 Å². The number of hydrogen-bond acceptors (Lipinski definition) is 2. The van der Waals surface area contributed by atoms with Gasteiger partial charge in [0.1, 0.15) is 0 Å². The summed E-state index contributed by atoms with van der Waals surface area (Å²) in [5, 5.41) is 0. The quantitative estimate of drug-likeness (QED) is 0.654. The number of piperidine rings is 1. The van der Waals surface area contributed by atoms with Gasteiger partial charge < -0.3 is 9.64 Å². The molecule has 0 bridgehead atoms. The largest absolute Gasteiger partial charge is 0.385 e. The number of benzene rings is 2. The first-order valence-electron chi connectivity index (χ1n) is 10.0. The van der Waals surface area contributed by atoms with Gasteiger partial charge in [-0.1, -0.05) is 30.3 Å². The molecule has 0 saturated carbocycles. The number of carbonyl (C=O) groups excluding carboxylic acids is 1. The van der Waals surface area contributed by atoms with Gasteiger partial charge in [-0.15, -0.1) is 0 Å². The van der Waals surface area contributed by atoms with Crippen LogP contribution in [0.2, 0.25) is 0 Å². The van der Waals surface area contributed by atoms with Crippen molar-refractivity contribution in [2.24, 2.45) is 5.92 Å². The van der Waals surface area contributed by atoms with Crippen LogP contribution in [-0.2, 0) is 4.74 Å². The summed E-state index contributed by atoms with van der Waals surface area (Å²) in [6.45, 7) is 6.82. The lowest BCUT2D eigenvalue weighted by Crippen LogP contribution is -2.40. The van der Waals surface area contributed by atoms with E-state index in [4.69, 9.17) is 4.74 Å². The van der Waals surface area contributed by atoms with Crippen molar-refractivity contribution in [2.45, 2.75) is 39.5 Å². The first kappa shape index (κ1) is 19.6. The number of likely N-dealkylation sites (tertiary alicyclic amines) is 1. The van der Waals surface area contributed by atoms with E-state index in [9.17, 15) is 4.79 Å². The van der Waals surface area contributed by atoms with E-state index in [2.05, 4.69) is 44.2 Å². The lowest BCUT2D eigenvalue weighted by atomic mass is 9.93. The van der Waals surface area contributed by atoms with Gasteiger partial charge in [0, 0.05) is 32.4 Å². The second kappa shape index (κ2) is 9.18. The fourth-order valence-corrected chi connectivity index (χ4v) is 3.91. The van der Waals surface area contributed by atoms with Crippen LogP contribution in [0, 0.1) is 19.8 Å². The Morgan fingerprint density at radius 2 is 1.81 bits per heavy atom. The molecule has 0 N–H and O–H groups in total. The van der Waals surface area contributed by atoms with Crippen molar-refractivity contribution in [3.8, 4) is 11.1 Å². The third-order valence-corrected chi connectivity index (χ3v) is 5.74. The topological polar surface area (TPSA) is 29.5 Å². The Bertz CT molecular complexity index is 766. The number of rotatable bonds is 6. The van der Waals surface area contributed by atoms with Gasteiger partial charge >= 0.3 is 0 Å². The molecule has 3 rings (SSSR count). The fourth-order valence-electron chi connectivity index (χ4n) is 3.91. The first-order chi connectivity index (χ1) is 13.1. The maximum atomic E-state index is 12.9. The van der Waals surface area contributed by atoms with E-state index in [-0.39, 0.29) is 5.91 Å². The highest BCUT2D eigenvalue weighted by molar-refractivity contribution is 5.94. The van der Waals surface area contributed by atoms with Crippen molar-refractivity contribution in [2.75, 3.05) is 26.8 Å². The zero-order chi connectivity index (χ0) is 19.2. The summed E-state index contributed by atoms with van der Waals surface area (Å²) in [7, 11) is 1.75. The van der Waals surface area contributed by atoms with E-state index in [1.54, 1.807) is 7.11 Å². The molecule has 0 radical (unpaired) electrons. The highest BCUT2D eigenvalue weighted by Crippen LogP contribution is 2.25. The van der Waals surface area contributed by atoms with Gasteiger partial charge in [0.05, 0.1) is 0 Å². The average Bonchev–Trinajstić information content (AvgIpc) is 2.70. The molecular weight excluding hydrogens is 334 g/mol. The Kier molecular flexibility index (Phi) is 6.68. The van der Waals surface area contributed by atoms with E-state index in [0.717, 1.165) is 50.1 Å². The number of carbonyl (C=O) groups is 1. The average molecular weight is 366 g/mol. The maximum absolute atomic E-state index is 12.9. The highest BCUT2D eigenvalue weighted by Gasteiger charge is 2.24. The van der Waals surface area contributed by atoms with Crippen molar-refractivity contribution in [3.63, 3.8) is 0 Å². The third kappa shape index (κ3) is 4.98. The normalized spacial score (nSPS) is 17.1. The molecular formula is C24H31NO2. The summed E-state index contributed by atoms with van der Waals surface area (Å²) in [6, 6.07) is 14.6. The molecule has 1 atom stereocenters. The van der Waals surface area contributed by atoms with E-state index in [1.807, 2.05) is 17.0 Å². The zero-order valence-electron chi connectivity index (χ0n) is 16.8. The van der Waals surface area contributed by atoms with E-state index in [0.29, 0.717) is 5.92 Å². The number of methoxy groups -OCH3 is 1. The van der Waals surface area contributed by atoms with Crippen LogP contribution < -0.4 is 0 Å². The first-order valence-corrected chi connectivity index (χ1v) is 10.0. The second-order valence-electron chi connectivity index (χ2n) is 7.77. The number of hydrogen-bond donors (Lipinski definition) is 0. The van der Waals surface area contributed by atoms with E-state index < -0.39 is 0 Å². The summed E-state index contributed by atoms with van der Waals surface area (Å²) < 4.78 is 5.16. The van der Waals surface area contributed by atoms with Crippen molar-refractivity contribution < 1.29 is 9.53 Å². The maximum Gasteiger partial charge on any atom is 0.253 e. The lowest BCUT2D eigenvalue weighted by Gasteiger charge is -2.33. The summed E-state index contributed by atoms with van der Waals surface area (Å²) in [4.78, 5) is 15.0. The molecule has 0 spiro atoms. The molecule has 1 aliphatic rings. The predicted molar refractivity (Wildman–Crippen MR) is 111 cm³/mol. The van der Waals surface area contributed by atoms with Gasteiger partial charge in [-0.2, -0.15) is 0 Å². The number of aryl methyl sites for hydroxylation is 2. The molecule has 3 heteroatoms. The van der Waals surface area contributed by atoms with Gasteiger partial charge in [0.25, 0.3) is 5.91 Å². The Balaban J connectivity index is 1.65. The Morgan fingerprint density at radius 1 is 1.07 bits per heavy atom. The molecule has 1 unspecified atom stereocenters. The molecule has 1 heterocycles. The molecule has 1 amide bonds. The minimum atomic E-state index is 0.165. The molecule has 3 nitrogen and oxygen atoms in total. The monoisotopic (exact) mass is 365 g/mol. The zero-order valence-corrected chi connectivity index (χ0v) is 16.8. The van der Waals surface area contributed by atoms with Crippen molar-refractivity contribution in [3.05, 3.63) is 59.2 Å². The minimum absolute atomic E-state index is 0.165. The smallest absolute Gasteiger partial charge is 0.253 e. The number of nitrogens with zero attached hydrogens (tertiary/aromatic N) is 1. The van der Waals surface area contributed by atoms with Crippen LogP contribution in [0.25, 0.3) is 11.1 Å². The number of amides is 1. The minimum Gasteiger partial charge on any atom is -0.385 e. The van der Waals surface area contributed by atoms with Crippen LogP contribution >= 0.6 is 0 Å². The summed E-state index contributed by atoms with van der Waals surface area (Å²) in [5.41, 5.74) is 5.75. The van der Waals surface area contributed by atoms with Crippen LogP contribution in [0.1, 0.15) is 47.2 Å². The van der Waals surface area contributed by atoms with Gasteiger partial charge in [0.15, 0.2) is 0 Å². The van der Waals surface area contributed by atoms with Crippen LogP contribution in [0.5, 0.6) is 0 Å². The Hall–Kier alpha value is -2.13. The highest BCUT2D eigenvalue weighted by atomic mass is 16.5. The second-order valence-corrected chi connectivity index (χ2v) is 7.77. The fraction of sp³-hybridized carbons (Fsp3) is 0.458. The van der Waals surface area contributed by atoms with Crippen molar-refractivity contribution in [1.29, 1.82) is 0 Å². The molecule has 2 aromatic carbocycles.